The van der Waals surface area contributed by atoms with E-state index in [1.54, 1.807) is 24.3 Å². The number of hydrogen-bond acceptors (Lipinski definition) is 3. The van der Waals surface area contributed by atoms with Gasteiger partial charge in [-0.05, 0) is 38.1 Å². The Balaban J connectivity index is 1.81. The third kappa shape index (κ3) is 4.90. The molecule has 1 aliphatic heterocycles. The SMILES string of the molecule is CC(C)(OC(=O)COc1ccc(Cl)cc1)C1CC[NH2+]CC1. The number of carbonyl (C=O) groups is 1. The fourth-order valence-electron chi connectivity index (χ4n) is 2.70. The van der Waals surface area contributed by atoms with Crippen molar-refractivity contribution >= 4 is 17.6 Å². The lowest BCUT2D eigenvalue weighted by atomic mass is 9.83. The Labute approximate surface area is 130 Å². The highest BCUT2D eigenvalue weighted by Crippen LogP contribution is 2.28. The quantitative estimate of drug-likeness (QED) is 0.846. The summed E-state index contributed by atoms with van der Waals surface area (Å²) in [6.07, 6.45) is 2.16. The highest BCUT2D eigenvalue weighted by molar-refractivity contribution is 6.30. The van der Waals surface area contributed by atoms with Gasteiger partial charge in [-0.3, -0.25) is 0 Å². The molecule has 2 N–H and O–H groups in total. The Morgan fingerprint density at radius 3 is 2.52 bits per heavy atom. The molecule has 0 unspecified atom stereocenters. The van der Waals surface area contributed by atoms with Crippen molar-refractivity contribution in [2.24, 2.45) is 5.92 Å². The van der Waals surface area contributed by atoms with Crippen molar-refractivity contribution in [1.82, 2.24) is 0 Å². The first kappa shape index (κ1) is 16.1. The molecule has 0 saturated carbocycles. The first-order chi connectivity index (χ1) is 9.97. The second kappa shape index (κ2) is 7.14. The minimum absolute atomic E-state index is 0.0795. The van der Waals surface area contributed by atoms with Crippen LogP contribution in [0.2, 0.25) is 5.02 Å². The van der Waals surface area contributed by atoms with Crippen molar-refractivity contribution < 1.29 is 19.6 Å². The Hall–Kier alpha value is -1.26. The highest BCUT2D eigenvalue weighted by Gasteiger charge is 2.35. The second-order valence-electron chi connectivity index (χ2n) is 5.96. The van der Waals surface area contributed by atoms with Crippen LogP contribution in [0.1, 0.15) is 26.7 Å². The maximum atomic E-state index is 12.0. The molecule has 5 heteroatoms. The van der Waals surface area contributed by atoms with Crippen LogP contribution in [0.15, 0.2) is 24.3 Å². The smallest absolute Gasteiger partial charge is 0.344 e. The summed E-state index contributed by atoms with van der Waals surface area (Å²) in [4.78, 5) is 12.0. The van der Waals surface area contributed by atoms with Gasteiger partial charge in [-0.1, -0.05) is 11.6 Å². The number of rotatable bonds is 5. The molecule has 0 bridgehead atoms. The van der Waals surface area contributed by atoms with Gasteiger partial charge in [0.05, 0.1) is 13.1 Å². The van der Waals surface area contributed by atoms with E-state index in [0.29, 0.717) is 16.7 Å². The van der Waals surface area contributed by atoms with Crippen LogP contribution in [-0.4, -0.2) is 31.3 Å². The Bertz CT molecular complexity index is 467. The molecular weight excluding hydrogens is 290 g/mol. The lowest BCUT2D eigenvalue weighted by molar-refractivity contribution is -0.665. The van der Waals surface area contributed by atoms with Crippen LogP contribution in [0.3, 0.4) is 0 Å². The van der Waals surface area contributed by atoms with Gasteiger partial charge in [0.25, 0.3) is 0 Å². The molecule has 116 valence electrons. The Kier molecular flexibility index (Phi) is 5.48. The number of piperidine rings is 1. The molecule has 1 aliphatic rings. The van der Waals surface area contributed by atoms with Gasteiger partial charge in [-0.15, -0.1) is 0 Å². The molecule has 1 aromatic carbocycles. The molecule has 1 fully saturated rings. The van der Waals surface area contributed by atoms with Crippen LogP contribution in [0.25, 0.3) is 0 Å². The number of benzene rings is 1. The van der Waals surface area contributed by atoms with Crippen molar-refractivity contribution in [1.29, 1.82) is 0 Å². The van der Waals surface area contributed by atoms with Gasteiger partial charge < -0.3 is 14.8 Å². The van der Waals surface area contributed by atoms with E-state index in [1.807, 2.05) is 13.8 Å². The molecule has 0 aromatic heterocycles. The number of esters is 1. The number of halogens is 1. The number of ether oxygens (including phenoxy) is 2. The van der Waals surface area contributed by atoms with Crippen molar-refractivity contribution in [2.75, 3.05) is 19.7 Å². The van der Waals surface area contributed by atoms with E-state index in [1.165, 1.54) is 0 Å². The first-order valence-corrected chi connectivity index (χ1v) is 7.77. The molecule has 1 saturated heterocycles. The van der Waals surface area contributed by atoms with Crippen molar-refractivity contribution in [3.05, 3.63) is 29.3 Å². The molecule has 1 aromatic rings. The topological polar surface area (TPSA) is 52.1 Å². The number of quaternary nitrogens is 1. The lowest BCUT2D eigenvalue weighted by Gasteiger charge is -2.35. The van der Waals surface area contributed by atoms with Gasteiger partial charge in [0.15, 0.2) is 6.61 Å². The summed E-state index contributed by atoms with van der Waals surface area (Å²) >= 11 is 5.80. The largest absolute Gasteiger partial charge is 0.482 e. The van der Waals surface area contributed by atoms with Gasteiger partial charge >= 0.3 is 5.97 Å². The molecule has 21 heavy (non-hydrogen) atoms. The third-order valence-corrected chi connectivity index (χ3v) is 4.22. The van der Waals surface area contributed by atoms with Crippen LogP contribution in [0.4, 0.5) is 0 Å². The molecule has 0 spiro atoms. The Morgan fingerprint density at radius 1 is 1.29 bits per heavy atom. The summed E-state index contributed by atoms with van der Waals surface area (Å²) in [6, 6.07) is 6.92. The van der Waals surface area contributed by atoms with Gasteiger partial charge in [-0.2, -0.15) is 0 Å². The molecule has 0 atom stereocenters. The number of nitrogens with two attached hydrogens (primary N) is 1. The van der Waals surface area contributed by atoms with E-state index in [-0.39, 0.29) is 12.6 Å². The van der Waals surface area contributed by atoms with Crippen molar-refractivity contribution in [3.8, 4) is 5.75 Å². The maximum absolute atomic E-state index is 12.0. The molecule has 0 amide bonds. The van der Waals surface area contributed by atoms with E-state index in [2.05, 4.69) is 5.32 Å². The monoisotopic (exact) mass is 312 g/mol. The number of carbonyl (C=O) groups excluding carboxylic acids is 1. The van der Waals surface area contributed by atoms with E-state index in [0.717, 1.165) is 25.9 Å². The van der Waals surface area contributed by atoms with Crippen LogP contribution < -0.4 is 10.1 Å². The van der Waals surface area contributed by atoms with Crippen LogP contribution in [-0.2, 0) is 9.53 Å². The molecule has 0 radical (unpaired) electrons. The van der Waals surface area contributed by atoms with Crippen molar-refractivity contribution in [3.63, 3.8) is 0 Å². The molecule has 4 nitrogen and oxygen atoms in total. The summed E-state index contributed by atoms with van der Waals surface area (Å²) in [5.74, 6) is 0.702. The van der Waals surface area contributed by atoms with Crippen molar-refractivity contribution in [2.45, 2.75) is 32.3 Å². The first-order valence-electron chi connectivity index (χ1n) is 7.39. The fraction of sp³-hybridized carbons (Fsp3) is 0.562. The Morgan fingerprint density at radius 2 is 1.90 bits per heavy atom. The maximum Gasteiger partial charge on any atom is 0.344 e. The molecule has 0 aliphatic carbocycles. The van der Waals surface area contributed by atoms with Gasteiger partial charge in [0.2, 0.25) is 0 Å². The molecule has 1 heterocycles. The predicted molar refractivity (Wildman–Crippen MR) is 81.5 cm³/mol. The molecule has 2 rings (SSSR count). The third-order valence-electron chi connectivity index (χ3n) is 3.97. The zero-order valence-electron chi connectivity index (χ0n) is 12.6. The van der Waals surface area contributed by atoms with Gasteiger partial charge in [-0.25, -0.2) is 4.79 Å². The lowest BCUT2D eigenvalue weighted by Crippen LogP contribution is -2.86. The predicted octanol–water partition coefficient (Wildman–Crippen LogP) is 2.01. The van der Waals surface area contributed by atoms with Crippen LogP contribution in [0, 0.1) is 5.92 Å². The van der Waals surface area contributed by atoms with Crippen LogP contribution >= 0.6 is 11.6 Å². The minimum atomic E-state index is -0.436. The summed E-state index contributed by atoms with van der Waals surface area (Å²) in [5, 5.41) is 2.94. The standard InChI is InChI=1S/C16H22ClNO3/c1-16(2,12-7-9-18-10-8-12)21-15(19)11-20-14-5-3-13(17)4-6-14/h3-6,12,18H,7-11H2,1-2H3/p+1. The summed E-state index contributed by atoms with van der Waals surface area (Å²) in [7, 11) is 0. The summed E-state index contributed by atoms with van der Waals surface area (Å²) in [5.41, 5.74) is -0.436. The second-order valence-corrected chi connectivity index (χ2v) is 6.40. The van der Waals surface area contributed by atoms with Gasteiger partial charge in [0.1, 0.15) is 11.4 Å². The zero-order chi connectivity index (χ0) is 15.3. The van der Waals surface area contributed by atoms with E-state index < -0.39 is 5.60 Å². The normalized spacial score (nSPS) is 16.5. The zero-order valence-corrected chi connectivity index (χ0v) is 13.4. The number of hydrogen-bond donors (Lipinski definition) is 1. The molecular formula is C16H23ClNO3+. The van der Waals surface area contributed by atoms with E-state index >= 15 is 0 Å². The summed E-state index contributed by atoms with van der Waals surface area (Å²) in [6.45, 7) is 6.11. The average molecular weight is 313 g/mol. The minimum Gasteiger partial charge on any atom is -0.482 e. The average Bonchev–Trinajstić information content (AvgIpc) is 2.47. The highest BCUT2D eigenvalue weighted by atomic mass is 35.5. The summed E-state index contributed by atoms with van der Waals surface area (Å²) < 4.78 is 11.0. The van der Waals surface area contributed by atoms with E-state index in [4.69, 9.17) is 21.1 Å². The van der Waals surface area contributed by atoms with Gasteiger partial charge in [0, 0.05) is 23.8 Å². The van der Waals surface area contributed by atoms with Crippen LogP contribution in [0.5, 0.6) is 5.75 Å². The van der Waals surface area contributed by atoms with E-state index in [9.17, 15) is 4.79 Å². The fourth-order valence-corrected chi connectivity index (χ4v) is 2.83.